The topological polar surface area (TPSA) is 6.48 Å². The van der Waals surface area contributed by atoms with E-state index in [1.807, 2.05) is 0 Å². The van der Waals surface area contributed by atoms with Gasteiger partial charge in [0, 0.05) is 37.3 Å². The Morgan fingerprint density at radius 3 is 1.85 bits per heavy atom. The van der Waals surface area contributed by atoms with Gasteiger partial charge >= 0.3 is 0 Å². The molecule has 3 heterocycles. The van der Waals surface area contributed by atoms with Gasteiger partial charge < -0.3 is 0 Å². The molecule has 13 heavy (non-hydrogen) atoms. The smallest absolute Gasteiger partial charge is 0.0244 e. The van der Waals surface area contributed by atoms with E-state index in [9.17, 15) is 0 Å². The summed E-state index contributed by atoms with van der Waals surface area (Å²) in [7, 11) is 0. The Bertz CT molecular complexity index is 177. The Balaban J connectivity index is 1.94. The van der Waals surface area contributed by atoms with Gasteiger partial charge in [-0.25, -0.2) is 0 Å². The lowest BCUT2D eigenvalue weighted by Crippen LogP contribution is -2.71. The highest BCUT2D eigenvalue weighted by atomic mass is 15.4. The molecule has 3 aliphatic heterocycles. The Labute approximate surface area is 81.9 Å². The van der Waals surface area contributed by atoms with E-state index in [2.05, 4.69) is 37.5 Å². The minimum Gasteiger partial charge on any atom is -0.298 e. The van der Waals surface area contributed by atoms with Gasteiger partial charge in [-0.15, -0.1) is 0 Å². The lowest BCUT2D eigenvalue weighted by Gasteiger charge is -2.59. The molecule has 2 nitrogen and oxygen atoms in total. The van der Waals surface area contributed by atoms with E-state index in [1.165, 1.54) is 19.5 Å². The summed E-state index contributed by atoms with van der Waals surface area (Å²) >= 11 is 0. The zero-order valence-electron chi connectivity index (χ0n) is 9.33. The van der Waals surface area contributed by atoms with Crippen molar-refractivity contribution in [2.75, 3.05) is 13.1 Å². The molecule has 0 N–H and O–H groups in total. The first-order valence-corrected chi connectivity index (χ1v) is 5.61. The van der Waals surface area contributed by atoms with Gasteiger partial charge in [0.05, 0.1) is 0 Å². The standard InChI is InChI=1S/C11H22N2/c1-8(2)12-6-10-5-11(7-12)13(10)9(3)4/h8-11H,5-7H2,1-4H3. The van der Waals surface area contributed by atoms with Crippen LogP contribution >= 0.6 is 0 Å². The molecule has 3 fully saturated rings. The van der Waals surface area contributed by atoms with Crippen LogP contribution in [0.15, 0.2) is 0 Å². The molecule has 76 valence electrons. The van der Waals surface area contributed by atoms with E-state index in [0.29, 0.717) is 0 Å². The fourth-order valence-corrected chi connectivity index (χ4v) is 2.94. The van der Waals surface area contributed by atoms with Crippen molar-refractivity contribution in [2.45, 2.75) is 58.3 Å². The van der Waals surface area contributed by atoms with E-state index >= 15 is 0 Å². The number of rotatable bonds is 2. The molecule has 0 aromatic carbocycles. The van der Waals surface area contributed by atoms with Gasteiger partial charge in [-0.05, 0) is 34.1 Å². The molecule has 0 saturated carbocycles. The maximum absolute atomic E-state index is 2.69. The van der Waals surface area contributed by atoms with Crippen LogP contribution in [0.5, 0.6) is 0 Å². The van der Waals surface area contributed by atoms with Gasteiger partial charge in [-0.2, -0.15) is 0 Å². The van der Waals surface area contributed by atoms with E-state index < -0.39 is 0 Å². The van der Waals surface area contributed by atoms with E-state index in [-0.39, 0.29) is 0 Å². The SMILES string of the molecule is CC(C)N1CC2CC(C1)N2C(C)C. The third-order valence-electron chi connectivity index (χ3n) is 3.60. The molecule has 2 heteroatoms. The Morgan fingerprint density at radius 1 is 0.923 bits per heavy atom. The summed E-state index contributed by atoms with van der Waals surface area (Å²) in [5.41, 5.74) is 0. The summed E-state index contributed by atoms with van der Waals surface area (Å²) in [5.74, 6) is 0. The summed E-state index contributed by atoms with van der Waals surface area (Å²) in [4.78, 5) is 5.32. The van der Waals surface area contributed by atoms with Crippen LogP contribution in [0.3, 0.4) is 0 Å². The number of hydrogen-bond donors (Lipinski definition) is 0. The molecule has 0 aromatic rings. The normalized spacial score (nSPS) is 35.5. The molecule has 3 aliphatic rings. The molecule has 2 atom stereocenters. The molecule has 0 amide bonds. The lowest BCUT2D eigenvalue weighted by atomic mass is 9.85. The second-order valence-corrected chi connectivity index (χ2v) is 5.13. The van der Waals surface area contributed by atoms with Gasteiger partial charge in [-0.3, -0.25) is 9.80 Å². The zero-order chi connectivity index (χ0) is 9.59. The maximum atomic E-state index is 2.69. The van der Waals surface area contributed by atoms with Crippen molar-refractivity contribution >= 4 is 0 Å². The zero-order valence-corrected chi connectivity index (χ0v) is 9.33. The fraction of sp³-hybridized carbons (Fsp3) is 1.00. The van der Waals surface area contributed by atoms with Crippen molar-refractivity contribution in [3.8, 4) is 0 Å². The first kappa shape index (κ1) is 9.47. The quantitative estimate of drug-likeness (QED) is 0.639. The number of fused-ring (bicyclic) bond motifs is 2. The van der Waals surface area contributed by atoms with Crippen molar-refractivity contribution in [3.63, 3.8) is 0 Å². The largest absolute Gasteiger partial charge is 0.298 e. The fourth-order valence-electron chi connectivity index (χ4n) is 2.94. The Hall–Kier alpha value is -0.0800. The Kier molecular flexibility index (Phi) is 2.37. The molecular formula is C11H22N2. The average Bonchev–Trinajstić information content (AvgIpc) is 2.03. The first-order valence-electron chi connectivity index (χ1n) is 5.61. The third kappa shape index (κ3) is 1.50. The van der Waals surface area contributed by atoms with Crippen LogP contribution in [-0.2, 0) is 0 Å². The van der Waals surface area contributed by atoms with Crippen molar-refractivity contribution in [3.05, 3.63) is 0 Å². The first-order chi connectivity index (χ1) is 6.09. The van der Waals surface area contributed by atoms with Gasteiger partial charge in [0.15, 0.2) is 0 Å². The summed E-state index contributed by atoms with van der Waals surface area (Å²) < 4.78 is 0. The van der Waals surface area contributed by atoms with Crippen molar-refractivity contribution in [2.24, 2.45) is 0 Å². The van der Waals surface area contributed by atoms with Crippen LogP contribution in [-0.4, -0.2) is 47.1 Å². The maximum Gasteiger partial charge on any atom is 0.0244 e. The minimum atomic E-state index is 0.736. The lowest BCUT2D eigenvalue weighted by molar-refractivity contribution is -0.0955. The van der Waals surface area contributed by atoms with Gasteiger partial charge in [0.1, 0.15) is 0 Å². The van der Waals surface area contributed by atoms with Gasteiger partial charge in [0.2, 0.25) is 0 Å². The van der Waals surface area contributed by atoms with Crippen LogP contribution in [0.4, 0.5) is 0 Å². The molecule has 0 aliphatic carbocycles. The minimum absolute atomic E-state index is 0.736. The molecular weight excluding hydrogens is 160 g/mol. The number of piperidine rings is 1. The highest BCUT2D eigenvalue weighted by Gasteiger charge is 2.45. The number of piperazine rings is 1. The monoisotopic (exact) mass is 182 g/mol. The molecule has 0 aromatic heterocycles. The number of hydrogen-bond acceptors (Lipinski definition) is 2. The summed E-state index contributed by atoms with van der Waals surface area (Å²) in [6.07, 6.45) is 1.45. The predicted octanol–water partition coefficient (Wildman–Crippen LogP) is 1.56. The van der Waals surface area contributed by atoms with Crippen LogP contribution in [0.2, 0.25) is 0 Å². The second kappa shape index (κ2) is 3.25. The van der Waals surface area contributed by atoms with Crippen molar-refractivity contribution in [1.82, 2.24) is 9.80 Å². The molecule has 0 radical (unpaired) electrons. The van der Waals surface area contributed by atoms with Gasteiger partial charge in [-0.1, -0.05) is 0 Å². The summed E-state index contributed by atoms with van der Waals surface area (Å²) in [6, 6.07) is 3.21. The molecule has 2 unspecified atom stereocenters. The number of nitrogens with zero attached hydrogens (tertiary/aromatic N) is 2. The highest BCUT2D eigenvalue weighted by Crippen LogP contribution is 2.34. The van der Waals surface area contributed by atoms with Crippen LogP contribution in [0.25, 0.3) is 0 Å². The molecule has 0 spiro atoms. The highest BCUT2D eigenvalue weighted by molar-refractivity contribution is 5.02. The van der Waals surface area contributed by atoms with E-state index in [0.717, 1.165) is 24.2 Å². The second-order valence-electron chi connectivity index (χ2n) is 5.13. The van der Waals surface area contributed by atoms with E-state index in [4.69, 9.17) is 0 Å². The summed E-state index contributed by atoms with van der Waals surface area (Å²) in [5, 5.41) is 0. The molecule has 2 bridgehead atoms. The average molecular weight is 182 g/mol. The van der Waals surface area contributed by atoms with Crippen LogP contribution in [0.1, 0.15) is 34.1 Å². The predicted molar refractivity (Wildman–Crippen MR) is 55.9 cm³/mol. The Morgan fingerprint density at radius 2 is 1.46 bits per heavy atom. The third-order valence-corrected chi connectivity index (χ3v) is 3.60. The van der Waals surface area contributed by atoms with Crippen LogP contribution < -0.4 is 0 Å². The van der Waals surface area contributed by atoms with E-state index in [1.54, 1.807) is 0 Å². The van der Waals surface area contributed by atoms with Crippen molar-refractivity contribution < 1.29 is 0 Å². The van der Waals surface area contributed by atoms with Gasteiger partial charge in [0.25, 0.3) is 0 Å². The molecule has 3 rings (SSSR count). The summed E-state index contributed by atoms with van der Waals surface area (Å²) in [6.45, 7) is 11.9. The molecule has 3 saturated heterocycles. The van der Waals surface area contributed by atoms with Crippen LogP contribution in [0, 0.1) is 0 Å². The van der Waals surface area contributed by atoms with Crippen molar-refractivity contribution in [1.29, 1.82) is 0 Å².